The van der Waals surface area contributed by atoms with E-state index >= 15 is 0 Å². The Morgan fingerprint density at radius 2 is 2.14 bits per heavy atom. The molecular formula is C18H17ClN2O7. The number of aliphatic hydroxyl groups excluding tert-OH is 1. The van der Waals surface area contributed by atoms with Crippen molar-refractivity contribution in [1.82, 2.24) is 0 Å². The van der Waals surface area contributed by atoms with E-state index in [4.69, 9.17) is 31.6 Å². The Bertz CT molecular complexity index is 965. The van der Waals surface area contributed by atoms with Crippen LogP contribution in [-0.2, 0) is 9.63 Å². The molecule has 0 amide bonds. The maximum Gasteiger partial charge on any atom is 0.367 e. The molecule has 3 rings (SSSR count). The SMILES string of the molecule is COc1cc(C(=O)O/N=C(/C)N)c(Cl)c2c1C(=O)[C@H]1C(O)=CC(=O)C[C@@]1(C)O2. The number of amidine groups is 1. The highest BCUT2D eigenvalue weighted by Gasteiger charge is 2.53. The number of carbonyl (C=O) groups is 3. The number of rotatable bonds is 3. The summed E-state index contributed by atoms with van der Waals surface area (Å²) in [6.45, 7) is 2.93. The molecule has 0 aromatic heterocycles. The molecule has 148 valence electrons. The number of nitrogens with two attached hydrogens (primary N) is 1. The van der Waals surface area contributed by atoms with E-state index in [-0.39, 0.29) is 39.9 Å². The number of aliphatic hydroxyl groups is 1. The topological polar surface area (TPSA) is 138 Å². The fourth-order valence-corrected chi connectivity index (χ4v) is 3.62. The van der Waals surface area contributed by atoms with Crippen LogP contribution in [0.3, 0.4) is 0 Å². The second-order valence-electron chi connectivity index (χ2n) is 6.68. The first kappa shape index (κ1) is 19.7. The van der Waals surface area contributed by atoms with Gasteiger partial charge in [-0.05, 0) is 19.9 Å². The van der Waals surface area contributed by atoms with Crippen LogP contribution in [0.5, 0.6) is 11.5 Å². The molecule has 0 fully saturated rings. The Morgan fingerprint density at radius 3 is 2.75 bits per heavy atom. The van der Waals surface area contributed by atoms with Crippen LogP contribution in [0.15, 0.2) is 23.1 Å². The number of oxime groups is 1. The summed E-state index contributed by atoms with van der Waals surface area (Å²) in [4.78, 5) is 42.0. The molecule has 0 saturated heterocycles. The third kappa shape index (κ3) is 3.07. The van der Waals surface area contributed by atoms with Crippen LogP contribution in [-0.4, -0.2) is 41.2 Å². The summed E-state index contributed by atoms with van der Waals surface area (Å²) in [6.07, 6.45) is 0.850. The third-order valence-corrected chi connectivity index (χ3v) is 4.86. The second-order valence-corrected chi connectivity index (χ2v) is 7.06. The fraction of sp³-hybridized carbons (Fsp3) is 0.333. The average molecular weight is 409 g/mol. The van der Waals surface area contributed by atoms with Crippen molar-refractivity contribution in [3.63, 3.8) is 0 Å². The van der Waals surface area contributed by atoms with Crippen LogP contribution in [0.2, 0.25) is 5.02 Å². The number of ketones is 2. The predicted octanol–water partition coefficient (Wildman–Crippen LogP) is 2.16. The Morgan fingerprint density at radius 1 is 1.46 bits per heavy atom. The zero-order chi connectivity index (χ0) is 20.8. The molecule has 2 aliphatic rings. The number of fused-ring (bicyclic) bond motifs is 2. The van der Waals surface area contributed by atoms with Crippen LogP contribution >= 0.6 is 11.6 Å². The molecule has 2 atom stereocenters. The number of methoxy groups -OCH3 is 1. The maximum atomic E-state index is 13.1. The van der Waals surface area contributed by atoms with Gasteiger partial charge in [0.1, 0.15) is 34.4 Å². The van der Waals surface area contributed by atoms with E-state index in [0.29, 0.717) is 0 Å². The number of hydrogen-bond donors (Lipinski definition) is 2. The monoisotopic (exact) mass is 408 g/mol. The second kappa shape index (κ2) is 6.83. The summed E-state index contributed by atoms with van der Waals surface area (Å²) in [5.74, 6) is -3.52. The minimum Gasteiger partial charge on any atom is -0.511 e. The van der Waals surface area contributed by atoms with Gasteiger partial charge in [0, 0.05) is 6.08 Å². The van der Waals surface area contributed by atoms with E-state index < -0.39 is 34.8 Å². The molecule has 0 spiro atoms. The molecular weight excluding hydrogens is 392 g/mol. The van der Waals surface area contributed by atoms with Crippen molar-refractivity contribution >= 4 is 35.0 Å². The number of hydrogen-bond acceptors (Lipinski definition) is 8. The van der Waals surface area contributed by atoms with Gasteiger partial charge < -0.3 is 25.2 Å². The lowest BCUT2D eigenvalue weighted by molar-refractivity contribution is -0.121. The molecule has 28 heavy (non-hydrogen) atoms. The van der Waals surface area contributed by atoms with Gasteiger partial charge in [0.25, 0.3) is 0 Å². The van der Waals surface area contributed by atoms with Crippen molar-refractivity contribution in [2.75, 3.05) is 7.11 Å². The van der Waals surface area contributed by atoms with Crippen LogP contribution in [0.1, 0.15) is 41.0 Å². The highest BCUT2D eigenvalue weighted by Crippen LogP contribution is 2.50. The molecule has 1 aliphatic carbocycles. The van der Waals surface area contributed by atoms with Crippen LogP contribution in [0.25, 0.3) is 0 Å². The van der Waals surface area contributed by atoms with Gasteiger partial charge in [0.2, 0.25) is 0 Å². The first-order chi connectivity index (χ1) is 13.1. The number of halogens is 1. The predicted molar refractivity (Wildman–Crippen MR) is 97.9 cm³/mol. The molecule has 1 aromatic carbocycles. The van der Waals surface area contributed by atoms with Crippen molar-refractivity contribution in [1.29, 1.82) is 0 Å². The average Bonchev–Trinajstić information content (AvgIpc) is 2.59. The van der Waals surface area contributed by atoms with E-state index in [1.165, 1.54) is 27.0 Å². The van der Waals surface area contributed by atoms with Crippen LogP contribution in [0.4, 0.5) is 0 Å². The van der Waals surface area contributed by atoms with Gasteiger partial charge in [0.15, 0.2) is 17.3 Å². The molecule has 0 unspecified atom stereocenters. The normalized spacial score (nSPS) is 23.9. The molecule has 0 radical (unpaired) electrons. The third-order valence-electron chi connectivity index (χ3n) is 4.48. The summed E-state index contributed by atoms with van der Waals surface area (Å²) < 4.78 is 11.1. The molecule has 1 aliphatic heterocycles. The summed E-state index contributed by atoms with van der Waals surface area (Å²) in [5.41, 5.74) is 3.76. The van der Waals surface area contributed by atoms with Crippen molar-refractivity contribution in [2.24, 2.45) is 16.8 Å². The summed E-state index contributed by atoms with van der Waals surface area (Å²) in [6, 6.07) is 1.21. The Labute approximate surface area is 164 Å². The van der Waals surface area contributed by atoms with Gasteiger partial charge in [-0.3, -0.25) is 9.59 Å². The summed E-state index contributed by atoms with van der Waals surface area (Å²) in [5, 5.41) is 13.4. The van der Waals surface area contributed by atoms with Gasteiger partial charge in [-0.25, -0.2) is 4.79 Å². The van der Waals surface area contributed by atoms with Gasteiger partial charge in [0.05, 0.1) is 24.1 Å². The smallest absolute Gasteiger partial charge is 0.367 e. The Kier molecular flexibility index (Phi) is 4.80. The van der Waals surface area contributed by atoms with E-state index in [0.717, 1.165) is 6.08 Å². The standard InChI is InChI=1S/C18H17ClN2O7/c1-7(20)21-28-17(25)9-5-11(26-3)12-15(24)13-10(23)4-8(22)6-18(13,2)27-16(12)14(9)19/h4-5,13,23H,6H2,1-3H3,(H2,20,21)/t13-,18-/m1/s1. The van der Waals surface area contributed by atoms with Crippen molar-refractivity contribution in [3.8, 4) is 11.5 Å². The van der Waals surface area contributed by atoms with E-state index in [9.17, 15) is 19.5 Å². The lowest BCUT2D eigenvalue weighted by atomic mass is 9.73. The molecule has 3 N–H and O–H groups in total. The van der Waals surface area contributed by atoms with Gasteiger partial charge >= 0.3 is 5.97 Å². The van der Waals surface area contributed by atoms with E-state index in [2.05, 4.69) is 5.16 Å². The highest BCUT2D eigenvalue weighted by atomic mass is 35.5. The van der Waals surface area contributed by atoms with Crippen molar-refractivity contribution in [2.45, 2.75) is 25.9 Å². The van der Waals surface area contributed by atoms with E-state index in [1.54, 1.807) is 0 Å². The zero-order valence-electron chi connectivity index (χ0n) is 15.2. The molecule has 1 heterocycles. The molecule has 0 bridgehead atoms. The lowest BCUT2D eigenvalue weighted by Gasteiger charge is -2.43. The number of benzene rings is 1. The van der Waals surface area contributed by atoms with Crippen LogP contribution in [0, 0.1) is 5.92 Å². The fourth-order valence-electron chi connectivity index (χ4n) is 3.36. The summed E-state index contributed by atoms with van der Waals surface area (Å²) in [7, 11) is 1.29. The molecule has 9 nitrogen and oxygen atoms in total. The number of Topliss-reactive ketones (excluding diaryl/α,β-unsaturated/α-hetero) is 1. The van der Waals surface area contributed by atoms with E-state index in [1.807, 2.05) is 0 Å². The highest BCUT2D eigenvalue weighted by molar-refractivity contribution is 6.36. The summed E-state index contributed by atoms with van der Waals surface area (Å²) >= 11 is 6.32. The first-order valence-corrected chi connectivity index (χ1v) is 8.55. The Balaban J connectivity index is 2.18. The largest absolute Gasteiger partial charge is 0.511 e. The number of ether oxygens (including phenoxy) is 2. The quantitative estimate of drug-likeness (QED) is 0.336. The minimum absolute atomic E-state index is 0.00319. The zero-order valence-corrected chi connectivity index (χ0v) is 16.0. The van der Waals surface area contributed by atoms with Crippen molar-refractivity contribution < 1.29 is 33.8 Å². The molecule has 10 heteroatoms. The minimum atomic E-state index is -1.37. The molecule has 1 aromatic rings. The lowest BCUT2D eigenvalue weighted by Crippen LogP contribution is -2.52. The van der Waals surface area contributed by atoms with Gasteiger partial charge in [-0.2, -0.15) is 0 Å². The number of nitrogens with zero attached hydrogens (tertiary/aromatic N) is 1. The first-order valence-electron chi connectivity index (χ1n) is 8.17. The van der Waals surface area contributed by atoms with Crippen molar-refractivity contribution in [3.05, 3.63) is 34.1 Å². The van der Waals surface area contributed by atoms with Gasteiger partial charge in [-0.1, -0.05) is 16.8 Å². The molecule has 0 saturated carbocycles. The number of allylic oxidation sites excluding steroid dienone is 1. The maximum absolute atomic E-state index is 13.1. The Hall–Kier alpha value is -3.07. The number of carbonyl (C=O) groups excluding carboxylic acids is 3. The van der Waals surface area contributed by atoms with Gasteiger partial charge in [-0.15, -0.1) is 0 Å². The van der Waals surface area contributed by atoms with Crippen LogP contribution < -0.4 is 15.2 Å².